The van der Waals surface area contributed by atoms with Gasteiger partial charge in [-0.15, -0.1) is 0 Å². The quantitative estimate of drug-likeness (QED) is 0.472. The maximum Gasteiger partial charge on any atom is 0.237 e. The summed E-state index contributed by atoms with van der Waals surface area (Å²) in [5.41, 5.74) is 1.66. The lowest BCUT2D eigenvalue weighted by Gasteiger charge is -2.25. The van der Waals surface area contributed by atoms with Crippen LogP contribution in [0.5, 0.6) is 11.5 Å². The Balaban J connectivity index is 1.83. The number of hydrogen-bond donors (Lipinski definition) is 3. The second kappa shape index (κ2) is 9.13. The number of carbonyl (C=O) groups is 1. The molecule has 168 valence electrons. The Kier molecular flexibility index (Phi) is 6.29. The number of aromatic nitrogens is 2. The van der Waals surface area contributed by atoms with Gasteiger partial charge in [-0.25, -0.2) is 14.4 Å². The van der Waals surface area contributed by atoms with E-state index in [2.05, 4.69) is 20.6 Å². The minimum Gasteiger partial charge on any atom is -0.504 e. The predicted octanol–water partition coefficient (Wildman–Crippen LogP) is 3.59. The Hall–Kier alpha value is -3.17. The van der Waals surface area contributed by atoms with E-state index in [0.29, 0.717) is 54.1 Å². The molecular weight excluding hydrogens is 437 g/mol. The molecular formula is C22H23ClFN5O3. The van der Waals surface area contributed by atoms with Gasteiger partial charge >= 0.3 is 0 Å². The molecule has 1 aromatic heterocycles. The average molecular weight is 460 g/mol. The number of fused-ring (bicyclic) bond motifs is 2. The largest absolute Gasteiger partial charge is 0.504 e. The number of phenols is 1. The Morgan fingerprint density at radius 2 is 2.09 bits per heavy atom. The molecule has 1 atom stereocenters. The van der Waals surface area contributed by atoms with Crippen molar-refractivity contribution < 1.29 is 19.0 Å². The van der Waals surface area contributed by atoms with Crippen molar-refractivity contribution >= 4 is 39.9 Å². The molecule has 4 rings (SSSR count). The maximum atomic E-state index is 14.3. The van der Waals surface area contributed by atoms with E-state index in [1.54, 1.807) is 20.0 Å². The third kappa shape index (κ3) is 4.53. The first-order valence-corrected chi connectivity index (χ1v) is 10.5. The molecule has 10 heteroatoms. The van der Waals surface area contributed by atoms with Crippen molar-refractivity contribution in [3.63, 3.8) is 0 Å². The van der Waals surface area contributed by atoms with Gasteiger partial charge in [0, 0.05) is 30.2 Å². The second-order valence-corrected chi connectivity index (χ2v) is 8.10. The molecule has 1 aliphatic heterocycles. The number of benzene rings is 2. The molecule has 0 radical (unpaired) electrons. The minimum absolute atomic E-state index is 0.0425. The Labute approximate surface area is 189 Å². The first kappa shape index (κ1) is 22.0. The number of phenolic OH excluding ortho intramolecular Hbond substituents is 1. The van der Waals surface area contributed by atoms with Gasteiger partial charge in [-0.2, -0.15) is 0 Å². The molecule has 8 nitrogen and oxygen atoms in total. The number of aromatic hydroxyl groups is 1. The number of amides is 1. The first-order chi connectivity index (χ1) is 15.3. The SMILES string of the molecule is C[C@H]1C(=O)NCCCOc2cc3c(ncnc3cc2O)Nc2cc(Cl)c(F)cc2CN1C. The minimum atomic E-state index is -0.555. The number of nitrogens with one attached hydrogen (secondary N) is 2. The van der Waals surface area contributed by atoms with Crippen molar-refractivity contribution in [3.8, 4) is 11.5 Å². The normalized spacial score (nSPS) is 18.0. The van der Waals surface area contributed by atoms with Crippen LogP contribution in [0.15, 0.2) is 30.6 Å². The fourth-order valence-electron chi connectivity index (χ4n) is 3.47. The van der Waals surface area contributed by atoms with Gasteiger partial charge in [0.15, 0.2) is 11.5 Å². The van der Waals surface area contributed by atoms with Crippen LogP contribution in [0.2, 0.25) is 5.02 Å². The number of nitrogens with zero attached hydrogens (tertiary/aromatic N) is 3. The van der Waals surface area contributed by atoms with E-state index >= 15 is 0 Å². The summed E-state index contributed by atoms with van der Waals surface area (Å²) in [5.74, 6) is -0.0252. The van der Waals surface area contributed by atoms with Crippen LogP contribution in [-0.2, 0) is 11.3 Å². The van der Waals surface area contributed by atoms with Crippen LogP contribution >= 0.6 is 11.6 Å². The van der Waals surface area contributed by atoms with E-state index < -0.39 is 11.9 Å². The van der Waals surface area contributed by atoms with Crippen molar-refractivity contribution in [2.45, 2.75) is 25.9 Å². The third-order valence-electron chi connectivity index (χ3n) is 5.45. The molecule has 32 heavy (non-hydrogen) atoms. The summed E-state index contributed by atoms with van der Waals surface area (Å²) in [5, 5.41) is 17.0. The maximum absolute atomic E-state index is 14.3. The Morgan fingerprint density at radius 1 is 1.28 bits per heavy atom. The molecule has 1 amide bonds. The van der Waals surface area contributed by atoms with Crippen molar-refractivity contribution in [2.24, 2.45) is 0 Å². The smallest absolute Gasteiger partial charge is 0.237 e. The van der Waals surface area contributed by atoms with Crippen LogP contribution in [-0.4, -0.2) is 52.1 Å². The summed E-state index contributed by atoms with van der Waals surface area (Å²) in [7, 11) is 1.79. The summed E-state index contributed by atoms with van der Waals surface area (Å²) in [6.07, 6.45) is 1.93. The highest BCUT2D eigenvalue weighted by atomic mass is 35.5. The van der Waals surface area contributed by atoms with E-state index in [1.165, 1.54) is 24.5 Å². The second-order valence-electron chi connectivity index (χ2n) is 7.69. The lowest BCUT2D eigenvalue weighted by molar-refractivity contribution is -0.125. The molecule has 0 spiro atoms. The molecule has 2 bridgehead atoms. The molecule has 0 unspecified atom stereocenters. The van der Waals surface area contributed by atoms with Crippen LogP contribution < -0.4 is 15.4 Å². The molecule has 2 aromatic carbocycles. The molecule has 2 heterocycles. The molecule has 3 aromatic rings. The highest BCUT2D eigenvalue weighted by Gasteiger charge is 2.21. The topological polar surface area (TPSA) is 99.6 Å². The average Bonchev–Trinajstić information content (AvgIpc) is 2.76. The van der Waals surface area contributed by atoms with E-state index in [1.807, 2.05) is 4.90 Å². The highest BCUT2D eigenvalue weighted by molar-refractivity contribution is 6.31. The molecule has 1 aliphatic rings. The summed E-state index contributed by atoms with van der Waals surface area (Å²) >= 11 is 6.06. The zero-order valence-corrected chi connectivity index (χ0v) is 18.4. The highest BCUT2D eigenvalue weighted by Crippen LogP contribution is 2.35. The monoisotopic (exact) mass is 459 g/mol. The van der Waals surface area contributed by atoms with E-state index in [0.717, 1.165) is 0 Å². The lowest BCUT2D eigenvalue weighted by Crippen LogP contribution is -2.43. The van der Waals surface area contributed by atoms with Gasteiger partial charge in [0.2, 0.25) is 5.91 Å². The Bertz CT molecular complexity index is 1180. The standard InChI is InChI=1S/C22H23ClFN5O3/c1-12-22(31)25-4-3-5-32-20-7-14-18(9-19(20)30)26-11-27-21(14)28-17-8-15(23)16(24)6-13(17)10-29(12)2/h6-9,11-12,30H,3-5,10H2,1-2H3,(H,25,31)(H,26,27,28)/t12-/m0/s1. The van der Waals surface area contributed by atoms with Gasteiger partial charge < -0.3 is 20.5 Å². The van der Waals surface area contributed by atoms with Crippen LogP contribution in [0.3, 0.4) is 0 Å². The van der Waals surface area contributed by atoms with Crippen LogP contribution in [0.1, 0.15) is 18.9 Å². The first-order valence-electron chi connectivity index (χ1n) is 10.2. The predicted molar refractivity (Wildman–Crippen MR) is 120 cm³/mol. The molecule has 0 saturated heterocycles. The number of halogens is 2. The number of ether oxygens (including phenoxy) is 1. The van der Waals surface area contributed by atoms with Crippen LogP contribution in [0.25, 0.3) is 10.9 Å². The molecule has 3 N–H and O–H groups in total. The number of hydrogen-bond acceptors (Lipinski definition) is 7. The molecule has 0 saturated carbocycles. The number of anilines is 2. The Morgan fingerprint density at radius 3 is 2.91 bits per heavy atom. The van der Waals surface area contributed by atoms with Crippen molar-refractivity contribution in [2.75, 3.05) is 25.5 Å². The van der Waals surface area contributed by atoms with Gasteiger partial charge in [0.1, 0.15) is 18.0 Å². The summed E-state index contributed by atoms with van der Waals surface area (Å²) < 4.78 is 20.0. The third-order valence-corrected chi connectivity index (χ3v) is 5.74. The van der Waals surface area contributed by atoms with Crippen LogP contribution in [0.4, 0.5) is 15.9 Å². The van der Waals surface area contributed by atoms with Crippen molar-refractivity contribution in [3.05, 3.63) is 47.0 Å². The van der Waals surface area contributed by atoms with Gasteiger partial charge in [-0.1, -0.05) is 11.6 Å². The van der Waals surface area contributed by atoms with Gasteiger partial charge in [0.05, 0.1) is 23.2 Å². The van der Waals surface area contributed by atoms with Gasteiger partial charge in [-0.05, 0) is 44.2 Å². The van der Waals surface area contributed by atoms with Gasteiger partial charge in [-0.3, -0.25) is 9.69 Å². The van der Waals surface area contributed by atoms with E-state index in [9.17, 15) is 14.3 Å². The van der Waals surface area contributed by atoms with Crippen LogP contribution in [0, 0.1) is 5.82 Å². The number of rotatable bonds is 0. The van der Waals surface area contributed by atoms with Crippen molar-refractivity contribution in [1.82, 2.24) is 20.2 Å². The van der Waals surface area contributed by atoms with Crippen molar-refractivity contribution in [1.29, 1.82) is 0 Å². The fraction of sp³-hybridized carbons (Fsp3) is 0.318. The zero-order chi connectivity index (χ0) is 22.8. The van der Waals surface area contributed by atoms with E-state index in [-0.39, 0.29) is 22.4 Å². The summed E-state index contributed by atoms with van der Waals surface area (Å²) in [6, 6.07) is 5.53. The summed E-state index contributed by atoms with van der Waals surface area (Å²) in [4.78, 5) is 22.9. The van der Waals surface area contributed by atoms with Gasteiger partial charge in [0.25, 0.3) is 0 Å². The summed E-state index contributed by atoms with van der Waals surface area (Å²) in [6.45, 7) is 2.80. The lowest BCUT2D eigenvalue weighted by atomic mass is 10.1. The van der Waals surface area contributed by atoms with E-state index in [4.69, 9.17) is 16.3 Å². The number of carbonyl (C=O) groups excluding carboxylic acids is 1. The molecule has 0 aliphatic carbocycles. The fourth-order valence-corrected chi connectivity index (χ4v) is 3.63. The number of likely N-dealkylation sites (N-methyl/N-ethyl adjacent to an activating group) is 1. The zero-order valence-electron chi connectivity index (χ0n) is 17.7. The molecule has 0 fully saturated rings.